The number of ether oxygens (including phenoxy) is 1. The Labute approximate surface area is 151 Å². The SMILES string of the molecule is CO[C@@H]1C[C@@H](c2nnc3n2CCC3)N(C(=O)c2noc3c2CCCC3)C1. The minimum Gasteiger partial charge on any atom is -0.380 e. The van der Waals surface area contributed by atoms with Gasteiger partial charge in [-0.1, -0.05) is 5.16 Å². The van der Waals surface area contributed by atoms with Crippen LogP contribution in [0.3, 0.4) is 0 Å². The molecule has 26 heavy (non-hydrogen) atoms. The first-order valence-electron chi connectivity index (χ1n) is 9.49. The molecule has 0 radical (unpaired) electrons. The van der Waals surface area contributed by atoms with E-state index in [1.165, 1.54) is 0 Å². The van der Waals surface area contributed by atoms with Crippen molar-refractivity contribution in [3.05, 3.63) is 28.7 Å². The summed E-state index contributed by atoms with van der Waals surface area (Å²) in [4.78, 5) is 15.2. The molecule has 2 aromatic heterocycles. The molecule has 4 heterocycles. The Morgan fingerprint density at radius 1 is 1.19 bits per heavy atom. The Balaban J connectivity index is 1.49. The standard InChI is InChI=1S/C18H23N5O3/c1-25-11-9-13(17-20-19-15-7-4-8-22(15)17)23(10-11)18(24)16-12-5-2-3-6-14(12)26-21-16/h11,13H,2-10H2,1H3/t11-,13+/m1/s1. The first-order valence-corrected chi connectivity index (χ1v) is 9.49. The lowest BCUT2D eigenvalue weighted by Crippen LogP contribution is -2.34. The lowest BCUT2D eigenvalue weighted by molar-refractivity contribution is 0.0671. The van der Waals surface area contributed by atoms with Gasteiger partial charge in [0.15, 0.2) is 11.5 Å². The van der Waals surface area contributed by atoms with Crippen LogP contribution in [0.1, 0.15) is 65.2 Å². The van der Waals surface area contributed by atoms with E-state index in [9.17, 15) is 4.79 Å². The lowest BCUT2D eigenvalue weighted by atomic mass is 9.96. The molecule has 1 aliphatic carbocycles. The smallest absolute Gasteiger partial charge is 0.277 e. The number of amides is 1. The van der Waals surface area contributed by atoms with E-state index in [2.05, 4.69) is 19.9 Å². The first kappa shape index (κ1) is 16.0. The van der Waals surface area contributed by atoms with E-state index in [1.54, 1.807) is 7.11 Å². The van der Waals surface area contributed by atoms with Gasteiger partial charge in [-0.3, -0.25) is 4.79 Å². The van der Waals surface area contributed by atoms with Crippen LogP contribution < -0.4 is 0 Å². The number of hydrogen-bond donors (Lipinski definition) is 0. The van der Waals surface area contributed by atoms with Crippen molar-refractivity contribution in [1.82, 2.24) is 24.8 Å². The lowest BCUT2D eigenvalue weighted by Gasteiger charge is -2.23. The third kappa shape index (κ3) is 2.39. The number of hydrogen-bond acceptors (Lipinski definition) is 6. The summed E-state index contributed by atoms with van der Waals surface area (Å²) in [5.41, 5.74) is 1.47. The van der Waals surface area contributed by atoms with Gasteiger partial charge < -0.3 is 18.7 Å². The van der Waals surface area contributed by atoms with Crippen molar-refractivity contribution in [1.29, 1.82) is 0 Å². The molecule has 0 bridgehead atoms. The quantitative estimate of drug-likeness (QED) is 0.831. The number of rotatable bonds is 3. The van der Waals surface area contributed by atoms with Gasteiger partial charge in [-0.2, -0.15) is 0 Å². The predicted octanol–water partition coefficient (Wildman–Crippen LogP) is 1.69. The maximum Gasteiger partial charge on any atom is 0.277 e. The van der Waals surface area contributed by atoms with Crippen LogP contribution in [0.15, 0.2) is 4.52 Å². The van der Waals surface area contributed by atoms with Crippen molar-refractivity contribution >= 4 is 5.91 Å². The van der Waals surface area contributed by atoms with Crippen molar-refractivity contribution < 1.29 is 14.1 Å². The van der Waals surface area contributed by atoms with E-state index in [4.69, 9.17) is 9.26 Å². The van der Waals surface area contributed by atoms with Crippen molar-refractivity contribution in [2.75, 3.05) is 13.7 Å². The molecular formula is C18H23N5O3. The third-order valence-electron chi connectivity index (χ3n) is 5.95. The average Bonchev–Trinajstić information content (AvgIpc) is 3.41. The minimum atomic E-state index is -0.122. The molecular weight excluding hydrogens is 334 g/mol. The highest BCUT2D eigenvalue weighted by Gasteiger charge is 2.42. The van der Waals surface area contributed by atoms with Gasteiger partial charge in [-0.25, -0.2) is 0 Å². The highest BCUT2D eigenvalue weighted by molar-refractivity contribution is 5.94. The number of nitrogens with zero attached hydrogens (tertiary/aromatic N) is 5. The molecule has 1 fully saturated rings. The summed E-state index contributed by atoms with van der Waals surface area (Å²) in [6.45, 7) is 1.47. The summed E-state index contributed by atoms with van der Waals surface area (Å²) < 4.78 is 13.2. The second-order valence-electron chi connectivity index (χ2n) is 7.44. The Kier molecular flexibility index (Phi) is 3.81. The molecule has 2 aromatic rings. The molecule has 2 aliphatic heterocycles. The molecule has 0 spiro atoms. The molecule has 2 atom stereocenters. The van der Waals surface area contributed by atoms with Crippen LogP contribution in [0.2, 0.25) is 0 Å². The Morgan fingerprint density at radius 2 is 2.08 bits per heavy atom. The third-order valence-corrected chi connectivity index (χ3v) is 5.95. The van der Waals surface area contributed by atoms with Gasteiger partial charge in [0.1, 0.15) is 11.6 Å². The fourth-order valence-electron chi connectivity index (χ4n) is 4.55. The highest BCUT2D eigenvalue weighted by atomic mass is 16.5. The Hall–Kier alpha value is -2.22. The van der Waals surface area contributed by atoms with E-state index in [0.717, 1.165) is 74.5 Å². The van der Waals surface area contributed by atoms with Gasteiger partial charge in [0.25, 0.3) is 5.91 Å². The topological polar surface area (TPSA) is 86.3 Å². The Morgan fingerprint density at radius 3 is 2.96 bits per heavy atom. The average molecular weight is 357 g/mol. The van der Waals surface area contributed by atoms with Gasteiger partial charge in [0.2, 0.25) is 0 Å². The molecule has 138 valence electrons. The zero-order valence-electron chi connectivity index (χ0n) is 15.0. The van der Waals surface area contributed by atoms with E-state index in [0.29, 0.717) is 12.2 Å². The zero-order chi connectivity index (χ0) is 17.7. The van der Waals surface area contributed by atoms with Gasteiger partial charge in [0, 0.05) is 45.0 Å². The van der Waals surface area contributed by atoms with E-state index < -0.39 is 0 Å². The van der Waals surface area contributed by atoms with E-state index >= 15 is 0 Å². The molecule has 1 amide bonds. The number of likely N-dealkylation sites (tertiary alicyclic amines) is 1. The minimum absolute atomic E-state index is 0.000954. The number of fused-ring (bicyclic) bond motifs is 2. The van der Waals surface area contributed by atoms with Gasteiger partial charge >= 0.3 is 0 Å². The van der Waals surface area contributed by atoms with Gasteiger partial charge in [0.05, 0.1) is 12.1 Å². The van der Waals surface area contributed by atoms with Crippen molar-refractivity contribution in [3.63, 3.8) is 0 Å². The second kappa shape index (κ2) is 6.19. The van der Waals surface area contributed by atoms with Crippen molar-refractivity contribution in [2.45, 2.75) is 63.6 Å². The monoisotopic (exact) mass is 357 g/mol. The maximum absolute atomic E-state index is 13.3. The zero-order valence-corrected chi connectivity index (χ0v) is 15.0. The van der Waals surface area contributed by atoms with Crippen LogP contribution in [0.5, 0.6) is 0 Å². The highest BCUT2D eigenvalue weighted by Crippen LogP contribution is 2.36. The van der Waals surface area contributed by atoms with Crippen LogP contribution >= 0.6 is 0 Å². The summed E-state index contributed by atoms with van der Waals surface area (Å²) in [7, 11) is 1.70. The molecule has 8 heteroatoms. The first-order chi connectivity index (χ1) is 12.8. The van der Waals surface area contributed by atoms with Gasteiger partial charge in [-0.15, -0.1) is 10.2 Å². The molecule has 3 aliphatic rings. The molecule has 0 unspecified atom stereocenters. The Bertz CT molecular complexity index is 842. The summed E-state index contributed by atoms with van der Waals surface area (Å²) in [6, 6.07) is -0.122. The van der Waals surface area contributed by atoms with Gasteiger partial charge in [-0.05, 0) is 25.7 Å². The number of aryl methyl sites for hydroxylation is 2. The summed E-state index contributed by atoms with van der Waals surface area (Å²) in [5, 5.41) is 12.9. The maximum atomic E-state index is 13.3. The summed E-state index contributed by atoms with van der Waals surface area (Å²) in [6.07, 6.45) is 6.70. The number of carbonyl (C=O) groups is 1. The van der Waals surface area contributed by atoms with E-state index in [1.807, 2.05) is 4.90 Å². The van der Waals surface area contributed by atoms with Crippen LogP contribution in [0.25, 0.3) is 0 Å². The molecule has 1 saturated heterocycles. The number of carbonyl (C=O) groups excluding carboxylic acids is 1. The molecule has 0 aromatic carbocycles. The molecule has 5 rings (SSSR count). The molecule has 0 saturated carbocycles. The van der Waals surface area contributed by atoms with Crippen LogP contribution in [-0.2, 0) is 30.5 Å². The summed E-state index contributed by atoms with van der Waals surface area (Å²) in [5.74, 6) is 2.70. The van der Waals surface area contributed by atoms with Crippen LogP contribution in [-0.4, -0.2) is 50.5 Å². The largest absolute Gasteiger partial charge is 0.380 e. The second-order valence-corrected chi connectivity index (χ2v) is 7.44. The van der Waals surface area contributed by atoms with Crippen molar-refractivity contribution in [3.8, 4) is 0 Å². The normalized spacial score (nSPS) is 24.7. The number of aromatic nitrogens is 4. The molecule has 0 N–H and O–H groups in total. The number of methoxy groups -OCH3 is 1. The predicted molar refractivity (Wildman–Crippen MR) is 90.7 cm³/mol. The van der Waals surface area contributed by atoms with Crippen LogP contribution in [0, 0.1) is 0 Å². The van der Waals surface area contributed by atoms with Crippen molar-refractivity contribution in [2.24, 2.45) is 0 Å². The fourth-order valence-corrected chi connectivity index (χ4v) is 4.55. The fraction of sp³-hybridized carbons (Fsp3) is 0.667. The van der Waals surface area contributed by atoms with Crippen LogP contribution in [0.4, 0.5) is 0 Å². The molecule has 8 nitrogen and oxygen atoms in total. The summed E-state index contributed by atoms with van der Waals surface area (Å²) >= 11 is 0. The van der Waals surface area contributed by atoms with E-state index in [-0.39, 0.29) is 18.1 Å².